The minimum Gasteiger partial charge on any atom is -0.460 e. The van der Waals surface area contributed by atoms with Crippen LogP contribution in [0.25, 0.3) is 10.9 Å². The number of fused-ring (bicyclic) bond motifs is 4. The predicted octanol–water partition coefficient (Wildman–Crippen LogP) is 7.82. The van der Waals surface area contributed by atoms with Crippen LogP contribution >= 0.6 is 27.5 Å². The minimum absolute atomic E-state index is 0.0191. The molecule has 2 bridgehead atoms. The summed E-state index contributed by atoms with van der Waals surface area (Å²) < 4.78 is 37.9. The largest absolute Gasteiger partial charge is 0.460 e. The van der Waals surface area contributed by atoms with Gasteiger partial charge in [0.15, 0.2) is 0 Å². The minimum atomic E-state index is -3.01. The van der Waals surface area contributed by atoms with Crippen LogP contribution in [0, 0.1) is 12.3 Å². The lowest BCUT2D eigenvalue weighted by Crippen LogP contribution is -2.68. The molecular weight excluding hydrogens is 632 g/mol. The summed E-state index contributed by atoms with van der Waals surface area (Å²) in [6.07, 6.45) is 2.32. The predicted molar refractivity (Wildman–Crippen MR) is 161 cm³/mol. The smallest absolute Gasteiger partial charge is 0.387 e. The molecule has 3 saturated carbocycles. The summed E-state index contributed by atoms with van der Waals surface area (Å²) in [5, 5.41) is 7.56. The molecule has 0 spiro atoms. The first-order chi connectivity index (χ1) is 19.7. The quantitative estimate of drug-likeness (QED) is 0.198. The van der Waals surface area contributed by atoms with Crippen LogP contribution in [0.4, 0.5) is 14.5 Å². The SMILES string of the molecule is Cc1c(Cl)nc2ccc(Br)cc2c1C(=O)NC12CCC(C(=O)OC(C)(C)C)(CC1)CC2Nc1ccccc1OC(F)F. The van der Waals surface area contributed by atoms with Crippen molar-refractivity contribution in [1.82, 2.24) is 10.3 Å². The first kappa shape index (κ1) is 30.5. The molecule has 3 aliphatic rings. The summed E-state index contributed by atoms with van der Waals surface area (Å²) in [6, 6.07) is 11.4. The van der Waals surface area contributed by atoms with Crippen LogP contribution in [0.1, 0.15) is 68.8 Å². The number of anilines is 1. The maximum absolute atomic E-state index is 14.1. The summed E-state index contributed by atoms with van der Waals surface area (Å²) in [5.74, 6) is -0.629. The van der Waals surface area contributed by atoms with Gasteiger partial charge in [-0.2, -0.15) is 8.78 Å². The molecule has 0 radical (unpaired) electrons. The number of nitrogens with one attached hydrogen (secondary N) is 2. The molecule has 3 fully saturated rings. The summed E-state index contributed by atoms with van der Waals surface area (Å²) in [7, 11) is 0. The van der Waals surface area contributed by atoms with Gasteiger partial charge in [0, 0.05) is 9.86 Å². The lowest BCUT2D eigenvalue weighted by atomic mass is 9.54. The van der Waals surface area contributed by atoms with Gasteiger partial charge < -0.3 is 20.1 Å². The lowest BCUT2D eigenvalue weighted by Gasteiger charge is -2.57. The number of para-hydroxylation sites is 2. The van der Waals surface area contributed by atoms with Gasteiger partial charge in [-0.25, -0.2) is 4.98 Å². The first-order valence-electron chi connectivity index (χ1n) is 13.8. The van der Waals surface area contributed by atoms with E-state index in [1.165, 1.54) is 6.07 Å². The second-order valence-corrected chi connectivity index (χ2v) is 13.5. The molecule has 0 aliphatic heterocycles. The Hall–Kier alpha value is -2.98. The third-order valence-electron chi connectivity index (χ3n) is 8.35. The van der Waals surface area contributed by atoms with E-state index in [0.29, 0.717) is 59.8 Å². The molecule has 1 unspecified atom stereocenters. The Morgan fingerprint density at radius 2 is 1.81 bits per heavy atom. The van der Waals surface area contributed by atoms with Crippen LogP contribution in [-0.2, 0) is 9.53 Å². The Morgan fingerprint density at radius 1 is 1.12 bits per heavy atom. The van der Waals surface area contributed by atoms with Crippen LogP contribution in [-0.4, -0.2) is 40.7 Å². The van der Waals surface area contributed by atoms with Gasteiger partial charge in [0.2, 0.25) is 0 Å². The molecule has 3 aromatic rings. The molecule has 11 heteroatoms. The number of halogens is 4. The molecule has 0 saturated heterocycles. The summed E-state index contributed by atoms with van der Waals surface area (Å²) in [6.45, 7) is 4.23. The average molecular weight is 665 g/mol. The number of nitrogens with zero attached hydrogens (tertiary/aromatic N) is 1. The zero-order chi connectivity index (χ0) is 30.4. The van der Waals surface area contributed by atoms with Crippen LogP contribution < -0.4 is 15.4 Å². The highest BCUT2D eigenvalue weighted by molar-refractivity contribution is 9.10. The molecule has 6 rings (SSSR count). The number of carbonyl (C=O) groups is 2. The van der Waals surface area contributed by atoms with Crippen molar-refractivity contribution < 1.29 is 27.8 Å². The number of carbonyl (C=O) groups excluding carboxylic acids is 2. The highest BCUT2D eigenvalue weighted by Gasteiger charge is 2.59. The Balaban J connectivity index is 1.54. The number of amides is 1. The Labute approximate surface area is 256 Å². The number of hydrogen-bond donors (Lipinski definition) is 2. The Kier molecular flexibility index (Phi) is 8.17. The van der Waals surface area contributed by atoms with Crippen molar-refractivity contribution in [3.8, 4) is 5.75 Å². The van der Waals surface area contributed by atoms with E-state index in [1.807, 2.05) is 32.9 Å². The van der Waals surface area contributed by atoms with Gasteiger partial charge in [0.1, 0.15) is 16.5 Å². The van der Waals surface area contributed by atoms with E-state index in [1.54, 1.807) is 31.2 Å². The van der Waals surface area contributed by atoms with Crippen LogP contribution in [0.2, 0.25) is 5.15 Å². The average Bonchev–Trinajstić information content (AvgIpc) is 2.90. The van der Waals surface area contributed by atoms with Gasteiger partial charge in [-0.05, 0) is 95.7 Å². The fraction of sp³-hybridized carbons (Fsp3) is 0.452. The zero-order valence-electron chi connectivity index (χ0n) is 23.8. The van der Waals surface area contributed by atoms with Crippen LogP contribution in [0.15, 0.2) is 46.9 Å². The van der Waals surface area contributed by atoms with Crippen LogP contribution in [0.5, 0.6) is 5.75 Å². The number of alkyl halides is 2. The van der Waals surface area contributed by atoms with Gasteiger partial charge in [-0.3, -0.25) is 9.59 Å². The second kappa shape index (κ2) is 11.3. The van der Waals surface area contributed by atoms with Crippen molar-refractivity contribution in [2.45, 2.75) is 83.6 Å². The van der Waals surface area contributed by atoms with Crippen molar-refractivity contribution in [2.24, 2.45) is 5.41 Å². The number of aromatic nitrogens is 1. The third-order valence-corrected chi connectivity index (χ3v) is 9.21. The van der Waals surface area contributed by atoms with E-state index in [9.17, 15) is 18.4 Å². The van der Waals surface area contributed by atoms with E-state index >= 15 is 0 Å². The third kappa shape index (κ3) is 5.93. The summed E-state index contributed by atoms with van der Waals surface area (Å²) in [4.78, 5) is 32.1. The number of benzene rings is 2. The van der Waals surface area contributed by atoms with E-state index in [0.717, 1.165) is 4.47 Å². The second-order valence-electron chi connectivity index (χ2n) is 12.2. The molecule has 1 amide bonds. The van der Waals surface area contributed by atoms with Gasteiger partial charge in [0.05, 0.1) is 33.8 Å². The molecule has 1 atom stereocenters. The molecule has 1 heterocycles. The van der Waals surface area contributed by atoms with Crippen LogP contribution in [0.3, 0.4) is 0 Å². The van der Waals surface area contributed by atoms with Crippen molar-refractivity contribution in [3.05, 3.63) is 63.2 Å². The maximum atomic E-state index is 14.1. The number of esters is 1. The fourth-order valence-electron chi connectivity index (χ4n) is 6.24. The van der Waals surface area contributed by atoms with Gasteiger partial charge >= 0.3 is 12.6 Å². The van der Waals surface area contributed by atoms with Crippen molar-refractivity contribution >= 4 is 56.0 Å². The molecule has 7 nitrogen and oxygen atoms in total. The van der Waals surface area contributed by atoms with E-state index < -0.39 is 29.2 Å². The van der Waals surface area contributed by atoms with Gasteiger partial charge in [-0.15, -0.1) is 0 Å². The van der Waals surface area contributed by atoms with E-state index in [4.69, 9.17) is 21.1 Å². The van der Waals surface area contributed by atoms with Crippen molar-refractivity contribution in [1.29, 1.82) is 0 Å². The van der Waals surface area contributed by atoms with Gasteiger partial charge in [-0.1, -0.05) is 39.7 Å². The molecule has 224 valence electrons. The molecular formula is C31H33BrClF2N3O4. The standard InChI is InChI=1S/C31H33BrClF2N3O4/c1-17-24(19-15-18(32)9-10-20(19)37-25(17)33)26(39)38-31-13-11-30(12-14-31,27(40)42-29(2,3)4)16-23(31)36-21-7-5-6-8-22(21)41-28(34)35/h5-10,15,23,28,36H,11-14,16H2,1-4H3,(H,38,39). The number of pyridine rings is 1. The Morgan fingerprint density at radius 3 is 2.48 bits per heavy atom. The molecule has 2 N–H and O–H groups in total. The molecule has 3 aliphatic carbocycles. The molecule has 1 aromatic heterocycles. The van der Waals surface area contributed by atoms with Crippen molar-refractivity contribution in [2.75, 3.05) is 5.32 Å². The first-order valence-corrected chi connectivity index (χ1v) is 15.0. The fourth-order valence-corrected chi connectivity index (χ4v) is 6.79. The monoisotopic (exact) mass is 663 g/mol. The van der Waals surface area contributed by atoms with E-state index in [-0.39, 0.29) is 22.8 Å². The van der Waals surface area contributed by atoms with E-state index in [2.05, 4.69) is 31.5 Å². The van der Waals surface area contributed by atoms with Crippen molar-refractivity contribution in [3.63, 3.8) is 0 Å². The topological polar surface area (TPSA) is 89.6 Å². The number of hydrogen-bond acceptors (Lipinski definition) is 6. The Bertz CT molecular complexity index is 1540. The summed E-state index contributed by atoms with van der Waals surface area (Å²) >= 11 is 9.94. The normalized spacial score (nSPS) is 23.6. The van der Waals surface area contributed by atoms with Gasteiger partial charge in [0.25, 0.3) is 5.91 Å². The lowest BCUT2D eigenvalue weighted by molar-refractivity contribution is -0.175. The molecule has 42 heavy (non-hydrogen) atoms. The summed E-state index contributed by atoms with van der Waals surface area (Å²) in [5.41, 5.74) is -0.342. The maximum Gasteiger partial charge on any atom is 0.387 e. The highest BCUT2D eigenvalue weighted by Crippen LogP contribution is 2.54. The number of rotatable bonds is 7. The number of ether oxygens (including phenoxy) is 2. The molecule has 2 aromatic carbocycles. The highest BCUT2D eigenvalue weighted by atomic mass is 79.9. The zero-order valence-corrected chi connectivity index (χ0v) is 26.2.